The van der Waals surface area contributed by atoms with Crippen LogP contribution in [0, 0.1) is 0 Å². The number of amides is 1. The summed E-state index contributed by atoms with van der Waals surface area (Å²) >= 11 is 0. The summed E-state index contributed by atoms with van der Waals surface area (Å²) in [5.74, 6) is -0.987. The third-order valence-electron chi connectivity index (χ3n) is 6.03. The van der Waals surface area contributed by atoms with E-state index in [1.807, 2.05) is 60.7 Å². The lowest BCUT2D eigenvalue weighted by Crippen LogP contribution is -2.67. The molecule has 1 heterocycles. The zero-order valence-corrected chi connectivity index (χ0v) is 18.3. The Kier molecular flexibility index (Phi) is 6.42. The summed E-state index contributed by atoms with van der Waals surface area (Å²) in [5.41, 5.74) is 0.127. The minimum atomic E-state index is -4.77. The van der Waals surface area contributed by atoms with Crippen molar-refractivity contribution in [2.75, 3.05) is 25.0 Å². The fourth-order valence-corrected chi connectivity index (χ4v) is 4.25. The van der Waals surface area contributed by atoms with Gasteiger partial charge in [-0.25, -0.2) is 0 Å². The molecule has 3 aromatic rings. The maximum absolute atomic E-state index is 14.2. The number of hydrogen-bond donors (Lipinski definition) is 1. The number of halogens is 3. The van der Waals surface area contributed by atoms with E-state index in [1.54, 1.807) is 12.1 Å². The largest absolute Gasteiger partial charge is 0.419 e. The van der Waals surface area contributed by atoms with E-state index in [2.05, 4.69) is 10.2 Å². The summed E-state index contributed by atoms with van der Waals surface area (Å²) in [7, 11) is 1.40. The van der Waals surface area contributed by atoms with E-state index in [-0.39, 0.29) is 18.7 Å². The molecule has 172 valence electrons. The number of rotatable bonds is 6. The topological polar surface area (TPSA) is 35.6 Å². The Bertz CT molecular complexity index is 1030. The highest BCUT2D eigenvalue weighted by Crippen LogP contribution is 2.42. The molecule has 3 aromatic carbocycles. The quantitative estimate of drug-likeness (QED) is 0.587. The van der Waals surface area contributed by atoms with Gasteiger partial charge in [-0.05, 0) is 28.8 Å². The van der Waals surface area contributed by atoms with E-state index < -0.39 is 17.6 Å². The van der Waals surface area contributed by atoms with Crippen molar-refractivity contribution in [2.45, 2.75) is 24.8 Å². The van der Waals surface area contributed by atoms with Gasteiger partial charge in [-0.1, -0.05) is 72.8 Å². The van der Waals surface area contributed by atoms with Crippen LogP contribution in [0.1, 0.15) is 16.7 Å². The number of anilines is 1. The van der Waals surface area contributed by atoms with Gasteiger partial charge in [-0.15, -0.1) is 0 Å². The summed E-state index contributed by atoms with van der Waals surface area (Å²) < 4.78 is 42.7. The molecule has 1 N–H and O–H groups in total. The molecular weight excluding hydrogens is 427 g/mol. The van der Waals surface area contributed by atoms with Crippen LogP contribution in [0.2, 0.25) is 0 Å². The Morgan fingerprint density at radius 3 is 1.88 bits per heavy atom. The van der Waals surface area contributed by atoms with Crippen molar-refractivity contribution in [3.05, 3.63) is 102 Å². The second kappa shape index (κ2) is 9.27. The van der Waals surface area contributed by atoms with Crippen molar-refractivity contribution < 1.29 is 18.0 Å². The van der Waals surface area contributed by atoms with E-state index in [4.69, 9.17) is 0 Å². The molecule has 4 nitrogen and oxygen atoms in total. The number of likely N-dealkylation sites (N-methyl/N-ethyl adjacent to an activating group) is 1. The molecule has 1 aliphatic heterocycles. The number of hydrogen-bond acceptors (Lipinski definition) is 3. The van der Waals surface area contributed by atoms with Crippen molar-refractivity contribution in [1.29, 1.82) is 0 Å². The monoisotopic (exact) mass is 453 g/mol. The van der Waals surface area contributed by atoms with Crippen LogP contribution in [-0.2, 0) is 23.4 Å². The molecule has 1 amide bonds. The smallest absolute Gasteiger partial charge is 0.363 e. The molecule has 0 spiro atoms. The van der Waals surface area contributed by atoms with E-state index in [0.717, 1.165) is 21.7 Å². The lowest BCUT2D eigenvalue weighted by molar-refractivity contribution is -0.213. The van der Waals surface area contributed by atoms with Gasteiger partial charge in [0.2, 0.25) is 5.54 Å². The van der Waals surface area contributed by atoms with Gasteiger partial charge in [0.15, 0.2) is 0 Å². The maximum atomic E-state index is 14.2. The van der Waals surface area contributed by atoms with Gasteiger partial charge < -0.3 is 9.80 Å². The van der Waals surface area contributed by atoms with E-state index in [9.17, 15) is 18.0 Å². The molecule has 0 radical (unpaired) electrons. The van der Waals surface area contributed by atoms with Crippen molar-refractivity contribution in [1.82, 2.24) is 10.2 Å². The van der Waals surface area contributed by atoms with Gasteiger partial charge >= 0.3 is 6.18 Å². The highest BCUT2D eigenvalue weighted by molar-refractivity contribution is 5.89. The SMILES string of the molecule is CN1CCNC(c2ccc(N(Cc3ccccc3)Cc3ccccc3)cc2)(C(F)(F)F)C1=O. The Morgan fingerprint density at radius 1 is 0.879 bits per heavy atom. The molecule has 1 atom stereocenters. The van der Waals surface area contributed by atoms with Crippen LogP contribution >= 0.6 is 0 Å². The van der Waals surface area contributed by atoms with E-state index in [1.165, 1.54) is 19.2 Å². The molecule has 0 bridgehead atoms. The Labute approximate surface area is 191 Å². The van der Waals surface area contributed by atoms with Crippen molar-refractivity contribution in [3.63, 3.8) is 0 Å². The predicted octanol–water partition coefficient (Wildman–Crippen LogP) is 4.71. The first-order chi connectivity index (χ1) is 15.8. The number of carbonyl (C=O) groups is 1. The number of carbonyl (C=O) groups excluding carboxylic acids is 1. The van der Waals surface area contributed by atoms with E-state index in [0.29, 0.717) is 13.1 Å². The first-order valence-electron chi connectivity index (χ1n) is 10.8. The summed E-state index contributed by atoms with van der Waals surface area (Å²) in [5, 5.41) is 2.47. The maximum Gasteiger partial charge on any atom is 0.419 e. The molecule has 1 unspecified atom stereocenters. The number of alkyl halides is 3. The van der Waals surface area contributed by atoms with Crippen LogP contribution in [0.15, 0.2) is 84.9 Å². The summed E-state index contributed by atoms with van der Waals surface area (Å²) in [6, 6.07) is 26.0. The summed E-state index contributed by atoms with van der Waals surface area (Å²) in [4.78, 5) is 16.0. The number of piperazine rings is 1. The van der Waals surface area contributed by atoms with Gasteiger partial charge in [0, 0.05) is 38.9 Å². The molecule has 4 rings (SSSR count). The molecule has 1 saturated heterocycles. The second-order valence-electron chi connectivity index (χ2n) is 8.28. The third-order valence-corrected chi connectivity index (χ3v) is 6.03. The molecule has 0 saturated carbocycles. The third kappa shape index (κ3) is 4.59. The zero-order chi connectivity index (χ0) is 23.5. The lowest BCUT2D eigenvalue weighted by atomic mass is 9.85. The number of benzene rings is 3. The molecular formula is C26H26F3N3O. The van der Waals surface area contributed by atoms with Gasteiger partial charge in [0.1, 0.15) is 0 Å². The molecule has 0 aliphatic carbocycles. The highest BCUT2D eigenvalue weighted by Gasteiger charge is 2.63. The van der Waals surface area contributed by atoms with E-state index >= 15 is 0 Å². The Hall–Kier alpha value is -3.32. The van der Waals surface area contributed by atoms with Gasteiger partial charge in [0.25, 0.3) is 5.91 Å². The average Bonchev–Trinajstić information content (AvgIpc) is 2.81. The number of nitrogens with zero attached hydrogens (tertiary/aromatic N) is 2. The van der Waals surface area contributed by atoms with Crippen LogP contribution in [0.3, 0.4) is 0 Å². The van der Waals surface area contributed by atoms with Crippen LogP contribution in [0.25, 0.3) is 0 Å². The van der Waals surface area contributed by atoms with Gasteiger partial charge in [0.05, 0.1) is 0 Å². The predicted molar refractivity (Wildman–Crippen MR) is 123 cm³/mol. The van der Waals surface area contributed by atoms with Crippen molar-refractivity contribution >= 4 is 11.6 Å². The van der Waals surface area contributed by atoms with Crippen LogP contribution < -0.4 is 10.2 Å². The summed E-state index contributed by atoms with van der Waals surface area (Å²) in [6.45, 7) is 1.49. The van der Waals surface area contributed by atoms with Crippen LogP contribution in [0.5, 0.6) is 0 Å². The molecule has 7 heteroatoms. The average molecular weight is 454 g/mol. The minimum absolute atomic E-state index is 0.0671. The first kappa shape index (κ1) is 22.9. The molecule has 33 heavy (non-hydrogen) atoms. The fraction of sp³-hybridized carbons (Fsp3) is 0.269. The highest BCUT2D eigenvalue weighted by atomic mass is 19.4. The molecule has 1 fully saturated rings. The number of nitrogens with one attached hydrogen (secondary N) is 1. The fourth-order valence-electron chi connectivity index (χ4n) is 4.25. The van der Waals surface area contributed by atoms with Gasteiger partial charge in [-0.3, -0.25) is 10.1 Å². The lowest BCUT2D eigenvalue weighted by Gasteiger charge is -2.42. The Morgan fingerprint density at radius 2 is 1.39 bits per heavy atom. The zero-order valence-electron chi connectivity index (χ0n) is 18.3. The van der Waals surface area contributed by atoms with Crippen molar-refractivity contribution in [3.8, 4) is 0 Å². The second-order valence-corrected chi connectivity index (χ2v) is 8.28. The standard InChI is InChI=1S/C26H26F3N3O/c1-31-17-16-30-25(24(31)33,26(27,28)29)22-12-14-23(15-13-22)32(18-20-8-4-2-5-9-20)19-21-10-6-3-7-11-21/h2-15,30H,16-19H2,1H3. The first-order valence-corrected chi connectivity index (χ1v) is 10.8. The normalized spacial score (nSPS) is 18.9. The minimum Gasteiger partial charge on any atom is -0.363 e. The van der Waals surface area contributed by atoms with Crippen LogP contribution in [-0.4, -0.2) is 37.1 Å². The molecule has 1 aliphatic rings. The Balaban J connectivity index is 1.68. The summed E-state index contributed by atoms with van der Waals surface area (Å²) in [6.07, 6.45) is -4.77. The van der Waals surface area contributed by atoms with Crippen LogP contribution in [0.4, 0.5) is 18.9 Å². The van der Waals surface area contributed by atoms with Crippen molar-refractivity contribution in [2.24, 2.45) is 0 Å². The molecule has 0 aromatic heterocycles. The van der Waals surface area contributed by atoms with Gasteiger partial charge in [-0.2, -0.15) is 13.2 Å².